The third-order valence-electron chi connectivity index (χ3n) is 8.36. The molecule has 2 rings (SSSR count). The number of aliphatic hydroxyl groups excluding tert-OH is 4. The summed E-state index contributed by atoms with van der Waals surface area (Å²) in [6, 6.07) is 0. The van der Waals surface area contributed by atoms with E-state index in [9.17, 15) is 39.6 Å². The Morgan fingerprint density at radius 3 is 1.84 bits per heavy atom. The van der Waals surface area contributed by atoms with Crippen molar-refractivity contribution in [1.29, 1.82) is 0 Å². The molecule has 0 aromatic rings. The first kappa shape index (κ1) is 42.8. The second-order valence-corrected chi connectivity index (χ2v) is 13.6. The lowest BCUT2D eigenvalue weighted by Gasteiger charge is -2.46. The van der Waals surface area contributed by atoms with Gasteiger partial charge in [0.05, 0.1) is 24.4 Å². The molecule has 2 aliphatic heterocycles. The Labute approximate surface area is 288 Å². The zero-order valence-corrected chi connectivity index (χ0v) is 29.9. The summed E-state index contributed by atoms with van der Waals surface area (Å²) in [6.45, 7) is 9.18. The number of carbonyl (C=O) groups excluding carboxylic acids is 4. The average Bonchev–Trinajstić information content (AvgIpc) is 3.32. The smallest absolute Gasteiger partial charge is 0.308 e. The Morgan fingerprint density at radius 2 is 1.29 bits per heavy atom. The van der Waals surface area contributed by atoms with E-state index < -0.39 is 116 Å². The molecular weight excluding hydrogens is 648 g/mol. The molecule has 0 amide bonds. The van der Waals surface area contributed by atoms with Gasteiger partial charge in [-0.3, -0.25) is 19.2 Å². The minimum absolute atomic E-state index is 0.0189. The second kappa shape index (κ2) is 20.4. The van der Waals surface area contributed by atoms with E-state index in [-0.39, 0.29) is 6.42 Å². The molecule has 0 spiro atoms. The molecule has 0 bridgehead atoms. The highest BCUT2D eigenvalue weighted by Crippen LogP contribution is 2.39. The van der Waals surface area contributed by atoms with Crippen molar-refractivity contribution in [3.05, 3.63) is 0 Å². The van der Waals surface area contributed by atoms with Gasteiger partial charge in [-0.05, 0) is 6.42 Å². The predicted octanol–water partition coefficient (Wildman–Crippen LogP) is 1.92. The summed E-state index contributed by atoms with van der Waals surface area (Å²) in [6.07, 6.45) is -6.45. The van der Waals surface area contributed by atoms with Crippen LogP contribution in [0.2, 0.25) is 0 Å². The standard InChI is InChI=1S/C34H58O15/c1-8-9-10-11-12-13-14-15-24(37)45-28-27(46-31(41)20(4)5)25(38)23(17-43-30(40)19(2)3)44-33(28)49-34(18-36)29(47-32(42)21(6)7)26(39)22(16-35)48-34/h19-23,25-29,33,35-36,38-39H,8-18H2,1-7H3/t22-,23-,25+,26+,27-,28+,29+,33+,34+/m0/s1. The number of esters is 4. The Kier molecular flexibility index (Phi) is 17.8. The van der Waals surface area contributed by atoms with Crippen LogP contribution in [0.5, 0.6) is 0 Å². The van der Waals surface area contributed by atoms with Crippen molar-refractivity contribution in [2.45, 2.75) is 155 Å². The monoisotopic (exact) mass is 706 g/mol. The quantitative estimate of drug-likeness (QED) is 0.0809. The fraction of sp³-hybridized carbons (Fsp3) is 0.882. The van der Waals surface area contributed by atoms with Crippen LogP contribution in [0.25, 0.3) is 0 Å². The van der Waals surface area contributed by atoms with Gasteiger partial charge in [0, 0.05) is 6.42 Å². The van der Waals surface area contributed by atoms with E-state index in [0.29, 0.717) is 6.42 Å². The molecule has 0 aromatic carbocycles. The SMILES string of the molecule is CCCCCCCCCC(=O)O[C@H]1[C@@H](O[C@@]2(CO)O[C@@H](CO)[C@@H](O)[C@H]2OC(=O)C(C)C)O[C@@H](COC(=O)C(C)C)[C@@H](O)[C@@H]1OC(=O)C(C)C. The molecule has 4 N–H and O–H groups in total. The Bertz CT molecular complexity index is 1050. The summed E-state index contributed by atoms with van der Waals surface area (Å²) < 4.78 is 40.1. The highest BCUT2D eigenvalue weighted by Gasteiger charge is 2.62. The fourth-order valence-electron chi connectivity index (χ4n) is 5.29. The van der Waals surface area contributed by atoms with Crippen molar-refractivity contribution in [3.63, 3.8) is 0 Å². The number of aliphatic hydroxyl groups is 4. The maximum atomic E-state index is 13.2. The van der Waals surface area contributed by atoms with Gasteiger partial charge in [-0.25, -0.2) is 0 Å². The van der Waals surface area contributed by atoms with Crippen molar-refractivity contribution in [2.75, 3.05) is 19.8 Å². The molecule has 2 saturated heterocycles. The van der Waals surface area contributed by atoms with Crippen molar-refractivity contribution in [2.24, 2.45) is 17.8 Å². The predicted molar refractivity (Wildman–Crippen MR) is 171 cm³/mol. The maximum Gasteiger partial charge on any atom is 0.308 e. The minimum Gasteiger partial charge on any atom is -0.463 e. The summed E-state index contributed by atoms with van der Waals surface area (Å²) in [7, 11) is 0. The summed E-state index contributed by atoms with van der Waals surface area (Å²) in [4.78, 5) is 51.1. The molecular formula is C34H58O15. The first-order chi connectivity index (χ1) is 23.1. The third kappa shape index (κ3) is 12.1. The van der Waals surface area contributed by atoms with Crippen molar-refractivity contribution < 1.29 is 72.8 Å². The molecule has 9 atom stereocenters. The van der Waals surface area contributed by atoms with Gasteiger partial charge in [-0.2, -0.15) is 0 Å². The molecule has 15 heteroatoms. The average molecular weight is 707 g/mol. The van der Waals surface area contributed by atoms with Crippen LogP contribution in [0, 0.1) is 17.8 Å². The third-order valence-corrected chi connectivity index (χ3v) is 8.36. The van der Waals surface area contributed by atoms with Crippen LogP contribution >= 0.6 is 0 Å². The molecule has 0 aliphatic carbocycles. The van der Waals surface area contributed by atoms with Crippen LogP contribution in [0.3, 0.4) is 0 Å². The molecule has 2 aliphatic rings. The number of carbonyl (C=O) groups is 4. The summed E-state index contributed by atoms with van der Waals surface area (Å²) in [5, 5.41) is 42.9. The molecule has 2 fully saturated rings. The Balaban J connectivity index is 2.49. The topological polar surface area (TPSA) is 214 Å². The zero-order chi connectivity index (χ0) is 36.9. The van der Waals surface area contributed by atoms with Crippen molar-refractivity contribution in [3.8, 4) is 0 Å². The number of hydrogen-bond acceptors (Lipinski definition) is 15. The normalized spacial score (nSPS) is 30.1. The Hall–Kier alpha value is -2.40. The van der Waals surface area contributed by atoms with Crippen LogP contribution in [0.1, 0.15) is 99.8 Å². The number of ether oxygens (including phenoxy) is 7. The molecule has 0 unspecified atom stereocenters. The van der Waals surface area contributed by atoms with E-state index in [2.05, 4.69) is 6.92 Å². The van der Waals surface area contributed by atoms with Crippen LogP contribution in [0.4, 0.5) is 0 Å². The Morgan fingerprint density at radius 1 is 0.714 bits per heavy atom. The van der Waals surface area contributed by atoms with Crippen molar-refractivity contribution in [1.82, 2.24) is 0 Å². The first-order valence-corrected chi connectivity index (χ1v) is 17.5. The lowest BCUT2D eigenvalue weighted by atomic mass is 9.97. The molecule has 15 nitrogen and oxygen atoms in total. The van der Waals surface area contributed by atoms with E-state index in [0.717, 1.165) is 38.5 Å². The van der Waals surface area contributed by atoms with Crippen molar-refractivity contribution >= 4 is 23.9 Å². The van der Waals surface area contributed by atoms with E-state index in [1.54, 1.807) is 41.5 Å². The first-order valence-electron chi connectivity index (χ1n) is 17.5. The summed E-state index contributed by atoms with van der Waals surface area (Å²) in [5.74, 6) is -7.14. The largest absolute Gasteiger partial charge is 0.463 e. The summed E-state index contributed by atoms with van der Waals surface area (Å²) >= 11 is 0. The minimum atomic E-state index is -2.39. The molecule has 49 heavy (non-hydrogen) atoms. The molecule has 0 saturated carbocycles. The summed E-state index contributed by atoms with van der Waals surface area (Å²) in [5.41, 5.74) is 0. The number of hydrogen-bond donors (Lipinski definition) is 4. The maximum absolute atomic E-state index is 13.2. The van der Waals surface area contributed by atoms with Gasteiger partial charge in [0.1, 0.15) is 37.6 Å². The van der Waals surface area contributed by atoms with E-state index >= 15 is 0 Å². The number of unbranched alkanes of at least 4 members (excludes halogenated alkanes) is 6. The highest BCUT2D eigenvalue weighted by molar-refractivity contribution is 5.73. The van der Waals surface area contributed by atoms with Gasteiger partial charge in [0.2, 0.25) is 12.1 Å². The van der Waals surface area contributed by atoms with E-state index in [4.69, 9.17) is 33.2 Å². The van der Waals surface area contributed by atoms with Gasteiger partial charge in [-0.1, -0.05) is 87.0 Å². The van der Waals surface area contributed by atoms with Gasteiger partial charge in [-0.15, -0.1) is 0 Å². The van der Waals surface area contributed by atoms with Gasteiger partial charge < -0.3 is 53.6 Å². The van der Waals surface area contributed by atoms with Gasteiger partial charge >= 0.3 is 23.9 Å². The van der Waals surface area contributed by atoms with E-state index in [1.807, 2.05) is 0 Å². The van der Waals surface area contributed by atoms with Gasteiger partial charge in [0.25, 0.3) is 0 Å². The number of rotatable bonds is 20. The highest BCUT2D eigenvalue weighted by atomic mass is 16.8. The fourth-order valence-corrected chi connectivity index (χ4v) is 5.29. The zero-order valence-electron chi connectivity index (χ0n) is 29.9. The lowest BCUT2D eigenvalue weighted by molar-refractivity contribution is -0.384. The molecule has 2 heterocycles. The van der Waals surface area contributed by atoms with Crippen LogP contribution in [-0.4, -0.2) is 119 Å². The second-order valence-electron chi connectivity index (χ2n) is 13.6. The molecule has 284 valence electrons. The van der Waals surface area contributed by atoms with Crippen LogP contribution in [0.15, 0.2) is 0 Å². The van der Waals surface area contributed by atoms with Crippen LogP contribution in [-0.2, 0) is 52.3 Å². The lowest BCUT2D eigenvalue weighted by Crippen LogP contribution is -2.65. The molecule has 0 aromatic heterocycles. The van der Waals surface area contributed by atoms with E-state index in [1.165, 1.54) is 0 Å². The molecule has 0 radical (unpaired) electrons. The van der Waals surface area contributed by atoms with Gasteiger partial charge in [0.15, 0.2) is 18.3 Å². The van der Waals surface area contributed by atoms with Crippen LogP contribution < -0.4 is 0 Å².